The lowest BCUT2D eigenvalue weighted by Gasteiger charge is -2.41. The Morgan fingerprint density at radius 2 is 1.96 bits per heavy atom. The minimum atomic E-state index is 0.210. The number of rotatable bonds is 6. The van der Waals surface area contributed by atoms with Crippen LogP contribution in [0, 0.1) is 13.8 Å². The van der Waals surface area contributed by atoms with Crippen LogP contribution in [0.1, 0.15) is 31.2 Å². The molecule has 1 unspecified atom stereocenters. The summed E-state index contributed by atoms with van der Waals surface area (Å²) in [4.78, 5) is 17.0. The summed E-state index contributed by atoms with van der Waals surface area (Å²) in [5, 5.41) is 4.47. The quantitative estimate of drug-likeness (QED) is 0.784. The average Bonchev–Trinajstić information content (AvgIpc) is 2.98. The minimum absolute atomic E-state index is 0.210. The molecule has 0 spiro atoms. The molecule has 0 bridgehead atoms. The minimum Gasteiger partial charge on any atom is -0.497 e. The second-order valence-electron chi connectivity index (χ2n) is 7.33. The van der Waals surface area contributed by atoms with Crippen LogP contribution in [-0.4, -0.2) is 53.4 Å². The van der Waals surface area contributed by atoms with Crippen LogP contribution in [0.3, 0.4) is 0 Å². The number of nitrogens with zero attached hydrogens (tertiary/aromatic N) is 4. The molecule has 27 heavy (non-hydrogen) atoms. The fourth-order valence-electron chi connectivity index (χ4n) is 3.78. The van der Waals surface area contributed by atoms with Gasteiger partial charge in [-0.05, 0) is 57.5 Å². The lowest BCUT2D eigenvalue weighted by Crippen LogP contribution is -2.54. The Bertz CT molecular complexity index is 769. The second-order valence-corrected chi connectivity index (χ2v) is 7.33. The summed E-state index contributed by atoms with van der Waals surface area (Å²) in [6.07, 6.45) is 1.40. The number of anilines is 1. The number of benzene rings is 1. The van der Waals surface area contributed by atoms with E-state index in [1.165, 1.54) is 5.69 Å². The highest BCUT2D eigenvalue weighted by Gasteiger charge is 2.27. The van der Waals surface area contributed by atoms with E-state index in [-0.39, 0.29) is 11.9 Å². The zero-order valence-electron chi connectivity index (χ0n) is 16.8. The number of ether oxygens (including phenoxy) is 1. The number of piperazine rings is 1. The third kappa shape index (κ3) is 4.62. The molecule has 1 aromatic heterocycles. The largest absolute Gasteiger partial charge is 0.497 e. The Morgan fingerprint density at radius 3 is 2.56 bits per heavy atom. The van der Waals surface area contributed by atoms with Gasteiger partial charge in [-0.15, -0.1) is 0 Å². The maximum atomic E-state index is 12.7. The predicted molar refractivity (Wildman–Crippen MR) is 107 cm³/mol. The molecule has 6 heteroatoms. The lowest BCUT2D eigenvalue weighted by atomic mass is 10.1. The molecular weight excluding hydrogens is 340 g/mol. The van der Waals surface area contributed by atoms with Crippen molar-refractivity contribution in [2.24, 2.45) is 0 Å². The molecule has 1 fully saturated rings. The third-order valence-corrected chi connectivity index (χ3v) is 5.25. The highest BCUT2D eigenvalue weighted by atomic mass is 16.5. The zero-order valence-corrected chi connectivity index (χ0v) is 16.8. The summed E-state index contributed by atoms with van der Waals surface area (Å²) in [6.45, 7) is 9.47. The highest BCUT2D eigenvalue weighted by Crippen LogP contribution is 2.22. The topological polar surface area (TPSA) is 50.6 Å². The lowest BCUT2D eigenvalue weighted by molar-refractivity contribution is -0.133. The van der Waals surface area contributed by atoms with Gasteiger partial charge in [0.05, 0.1) is 12.8 Å². The van der Waals surface area contributed by atoms with E-state index in [0.717, 1.165) is 49.7 Å². The molecule has 1 aliphatic heterocycles. The highest BCUT2D eigenvalue weighted by molar-refractivity contribution is 5.77. The van der Waals surface area contributed by atoms with E-state index in [9.17, 15) is 4.79 Å². The van der Waals surface area contributed by atoms with Gasteiger partial charge in [0.15, 0.2) is 0 Å². The van der Waals surface area contributed by atoms with Gasteiger partial charge in [0.2, 0.25) is 5.91 Å². The van der Waals surface area contributed by atoms with Crippen molar-refractivity contribution in [2.45, 2.75) is 46.2 Å². The predicted octanol–water partition coefficient (Wildman–Crippen LogP) is 3.03. The van der Waals surface area contributed by atoms with Crippen LogP contribution in [0.5, 0.6) is 5.75 Å². The Kier molecular flexibility index (Phi) is 6.04. The smallest absolute Gasteiger partial charge is 0.222 e. The van der Waals surface area contributed by atoms with Crippen LogP contribution in [0.25, 0.3) is 0 Å². The van der Waals surface area contributed by atoms with Crippen molar-refractivity contribution in [1.29, 1.82) is 0 Å². The number of carbonyl (C=O) groups excluding carboxylic acids is 1. The number of hydrogen-bond donors (Lipinski definition) is 0. The molecule has 1 aromatic carbocycles. The van der Waals surface area contributed by atoms with Crippen LogP contribution in [0.15, 0.2) is 30.3 Å². The van der Waals surface area contributed by atoms with Crippen LogP contribution in [-0.2, 0) is 11.3 Å². The van der Waals surface area contributed by atoms with Gasteiger partial charge in [0.25, 0.3) is 0 Å². The summed E-state index contributed by atoms with van der Waals surface area (Å²) < 4.78 is 7.22. The monoisotopic (exact) mass is 370 g/mol. The van der Waals surface area contributed by atoms with E-state index in [1.54, 1.807) is 7.11 Å². The second kappa shape index (κ2) is 8.46. The van der Waals surface area contributed by atoms with Crippen LogP contribution < -0.4 is 9.64 Å². The van der Waals surface area contributed by atoms with Gasteiger partial charge in [0.1, 0.15) is 5.75 Å². The van der Waals surface area contributed by atoms with Gasteiger partial charge in [-0.2, -0.15) is 5.10 Å². The number of amides is 1. The molecule has 1 atom stereocenters. The molecule has 0 saturated carbocycles. The number of aromatic nitrogens is 2. The van der Waals surface area contributed by atoms with Crippen molar-refractivity contribution in [3.05, 3.63) is 41.7 Å². The number of carbonyl (C=O) groups is 1. The Hall–Kier alpha value is -2.50. The van der Waals surface area contributed by atoms with Crippen LogP contribution in [0.2, 0.25) is 0 Å². The van der Waals surface area contributed by atoms with Crippen LogP contribution >= 0.6 is 0 Å². The van der Waals surface area contributed by atoms with Crippen molar-refractivity contribution < 1.29 is 9.53 Å². The maximum Gasteiger partial charge on any atom is 0.222 e. The normalized spacial score (nSPS) is 17.3. The first kappa shape index (κ1) is 19.3. The molecule has 1 saturated heterocycles. The SMILES string of the molecule is COc1ccc(N2CCN(C(=O)CCCn3nc(C)cc3C)C(C)C2)cc1. The van der Waals surface area contributed by atoms with Crippen molar-refractivity contribution in [1.82, 2.24) is 14.7 Å². The molecule has 1 amide bonds. The Balaban J connectivity index is 1.49. The Morgan fingerprint density at radius 1 is 1.22 bits per heavy atom. The van der Waals surface area contributed by atoms with Crippen molar-refractivity contribution in [3.63, 3.8) is 0 Å². The fourth-order valence-corrected chi connectivity index (χ4v) is 3.78. The van der Waals surface area contributed by atoms with Gasteiger partial charge >= 0.3 is 0 Å². The Labute approximate surface area is 161 Å². The summed E-state index contributed by atoms with van der Waals surface area (Å²) in [7, 11) is 1.68. The number of aryl methyl sites for hydroxylation is 3. The molecule has 0 radical (unpaired) electrons. The molecule has 0 aliphatic carbocycles. The molecule has 146 valence electrons. The average molecular weight is 370 g/mol. The van der Waals surface area contributed by atoms with Crippen molar-refractivity contribution in [2.75, 3.05) is 31.6 Å². The third-order valence-electron chi connectivity index (χ3n) is 5.25. The number of hydrogen-bond acceptors (Lipinski definition) is 4. The molecule has 2 heterocycles. The first-order valence-electron chi connectivity index (χ1n) is 9.67. The van der Waals surface area contributed by atoms with Gasteiger partial charge in [-0.3, -0.25) is 9.48 Å². The molecule has 2 aromatic rings. The summed E-state index contributed by atoms with van der Waals surface area (Å²) in [5.41, 5.74) is 3.36. The molecule has 1 aliphatic rings. The van der Waals surface area contributed by atoms with Gasteiger partial charge in [-0.1, -0.05) is 0 Å². The van der Waals surface area contributed by atoms with E-state index < -0.39 is 0 Å². The molecule has 3 rings (SSSR count). The van der Waals surface area contributed by atoms with E-state index >= 15 is 0 Å². The van der Waals surface area contributed by atoms with E-state index in [2.05, 4.69) is 42.0 Å². The van der Waals surface area contributed by atoms with Gasteiger partial charge in [-0.25, -0.2) is 0 Å². The summed E-state index contributed by atoms with van der Waals surface area (Å²) in [5.74, 6) is 1.11. The zero-order chi connectivity index (χ0) is 19.4. The van der Waals surface area contributed by atoms with E-state index in [1.807, 2.05) is 28.6 Å². The number of methoxy groups -OCH3 is 1. The van der Waals surface area contributed by atoms with E-state index in [4.69, 9.17) is 4.74 Å². The van der Waals surface area contributed by atoms with Crippen LogP contribution in [0.4, 0.5) is 5.69 Å². The first-order valence-corrected chi connectivity index (χ1v) is 9.67. The summed E-state index contributed by atoms with van der Waals surface area (Å²) in [6, 6.07) is 10.4. The molecule has 6 nitrogen and oxygen atoms in total. The molecule has 0 N–H and O–H groups in total. The molecular formula is C21H30N4O2. The summed E-state index contributed by atoms with van der Waals surface area (Å²) >= 11 is 0. The standard InChI is InChI=1S/C21H30N4O2/c1-16-14-17(2)25(22-16)11-5-6-21(26)24-13-12-23(15-18(24)3)19-7-9-20(27-4)10-8-19/h7-10,14,18H,5-6,11-13,15H2,1-4H3. The van der Waals surface area contributed by atoms with Gasteiger partial charge < -0.3 is 14.5 Å². The van der Waals surface area contributed by atoms with E-state index in [0.29, 0.717) is 6.42 Å². The van der Waals surface area contributed by atoms with Crippen molar-refractivity contribution in [3.8, 4) is 5.75 Å². The fraction of sp³-hybridized carbons (Fsp3) is 0.524. The van der Waals surface area contributed by atoms with Gasteiger partial charge in [0, 0.05) is 50.0 Å². The first-order chi connectivity index (χ1) is 13.0. The maximum absolute atomic E-state index is 12.7. The van der Waals surface area contributed by atoms with Crippen molar-refractivity contribution >= 4 is 11.6 Å².